The van der Waals surface area contributed by atoms with Crippen LogP contribution in [0, 0.1) is 20.8 Å². The molecule has 3 aromatic rings. The lowest BCUT2D eigenvalue weighted by Gasteiger charge is -2.11. The zero-order valence-electron chi connectivity index (χ0n) is 13.9. The fourth-order valence-electron chi connectivity index (χ4n) is 2.36. The maximum Gasteiger partial charge on any atom is 0.274 e. The maximum atomic E-state index is 12.5. The first-order valence-corrected chi connectivity index (χ1v) is 7.90. The van der Waals surface area contributed by atoms with Crippen LogP contribution in [0.4, 0.5) is 17.3 Å². The Morgan fingerprint density at radius 3 is 2.56 bits per heavy atom. The van der Waals surface area contributed by atoms with Gasteiger partial charge < -0.3 is 15.2 Å². The van der Waals surface area contributed by atoms with Crippen LogP contribution in [0.2, 0.25) is 5.02 Å². The standard InChI is InChI=1S/C17H16ClN5O2/c1-9-4-10(2)16(12(18)5-9)22-17(24)13-7-14(20-8-19-13)21-15-6-11(3)25-23-15/h4-8H,1-3H3,(H,22,24)(H,19,20,21,23). The second-order valence-electron chi connectivity index (χ2n) is 5.63. The molecule has 2 aromatic heterocycles. The molecular formula is C17H16ClN5O2. The topological polar surface area (TPSA) is 92.9 Å². The molecule has 0 bridgehead atoms. The van der Waals surface area contributed by atoms with Gasteiger partial charge in [0.1, 0.15) is 23.6 Å². The average Bonchev–Trinajstić information content (AvgIpc) is 2.96. The lowest BCUT2D eigenvalue weighted by Crippen LogP contribution is -2.15. The van der Waals surface area contributed by atoms with Crippen molar-refractivity contribution in [2.45, 2.75) is 20.8 Å². The predicted octanol–water partition coefficient (Wildman–Crippen LogP) is 4.04. The number of anilines is 3. The van der Waals surface area contributed by atoms with E-state index in [1.165, 1.54) is 12.4 Å². The number of aromatic nitrogens is 3. The Hall–Kier alpha value is -2.93. The fraction of sp³-hybridized carbons (Fsp3) is 0.176. The van der Waals surface area contributed by atoms with Crippen molar-refractivity contribution in [3.8, 4) is 0 Å². The van der Waals surface area contributed by atoms with E-state index in [0.29, 0.717) is 28.1 Å². The summed E-state index contributed by atoms with van der Waals surface area (Å²) in [6, 6.07) is 6.99. The molecule has 0 spiro atoms. The van der Waals surface area contributed by atoms with Crippen LogP contribution in [-0.4, -0.2) is 21.0 Å². The highest BCUT2D eigenvalue weighted by Crippen LogP contribution is 2.27. The fourth-order valence-corrected chi connectivity index (χ4v) is 2.73. The molecule has 0 aliphatic heterocycles. The summed E-state index contributed by atoms with van der Waals surface area (Å²) < 4.78 is 4.98. The summed E-state index contributed by atoms with van der Waals surface area (Å²) >= 11 is 6.23. The van der Waals surface area contributed by atoms with E-state index < -0.39 is 0 Å². The van der Waals surface area contributed by atoms with Gasteiger partial charge in [0.25, 0.3) is 5.91 Å². The predicted molar refractivity (Wildman–Crippen MR) is 95.4 cm³/mol. The number of halogens is 1. The van der Waals surface area contributed by atoms with E-state index in [1.54, 1.807) is 19.1 Å². The monoisotopic (exact) mass is 357 g/mol. The van der Waals surface area contributed by atoms with E-state index in [1.807, 2.05) is 19.9 Å². The Balaban J connectivity index is 1.80. The van der Waals surface area contributed by atoms with Crippen LogP contribution < -0.4 is 10.6 Å². The minimum Gasteiger partial charge on any atom is -0.360 e. The highest BCUT2D eigenvalue weighted by atomic mass is 35.5. The first-order chi connectivity index (χ1) is 11.9. The Morgan fingerprint density at radius 1 is 1.08 bits per heavy atom. The molecule has 0 fully saturated rings. The van der Waals surface area contributed by atoms with Crippen molar-refractivity contribution in [1.82, 2.24) is 15.1 Å². The third kappa shape index (κ3) is 3.95. The van der Waals surface area contributed by atoms with Crippen LogP contribution in [-0.2, 0) is 0 Å². The second-order valence-corrected chi connectivity index (χ2v) is 6.04. The minimum atomic E-state index is -0.379. The van der Waals surface area contributed by atoms with E-state index in [-0.39, 0.29) is 11.6 Å². The molecule has 1 aromatic carbocycles. The molecule has 0 aliphatic rings. The molecule has 0 radical (unpaired) electrons. The van der Waals surface area contributed by atoms with Crippen molar-refractivity contribution >= 4 is 34.8 Å². The number of carbonyl (C=O) groups is 1. The summed E-state index contributed by atoms with van der Waals surface area (Å²) in [5, 5.41) is 10.0. The van der Waals surface area contributed by atoms with Gasteiger partial charge in [0, 0.05) is 12.1 Å². The largest absolute Gasteiger partial charge is 0.360 e. The van der Waals surface area contributed by atoms with E-state index >= 15 is 0 Å². The normalized spacial score (nSPS) is 10.6. The third-order valence-electron chi connectivity index (χ3n) is 3.45. The van der Waals surface area contributed by atoms with Crippen LogP contribution in [0.15, 0.2) is 35.1 Å². The van der Waals surface area contributed by atoms with Gasteiger partial charge in [0.2, 0.25) is 0 Å². The number of hydrogen-bond donors (Lipinski definition) is 2. The van der Waals surface area contributed by atoms with Crippen LogP contribution in [0.25, 0.3) is 0 Å². The molecule has 0 unspecified atom stereocenters. The highest BCUT2D eigenvalue weighted by Gasteiger charge is 2.14. The first kappa shape index (κ1) is 16.9. The van der Waals surface area contributed by atoms with E-state index in [0.717, 1.165) is 11.1 Å². The molecule has 0 atom stereocenters. The molecule has 8 heteroatoms. The number of nitrogens with zero attached hydrogens (tertiary/aromatic N) is 3. The van der Waals surface area contributed by atoms with Crippen LogP contribution in [0.3, 0.4) is 0 Å². The van der Waals surface area contributed by atoms with E-state index in [9.17, 15) is 4.79 Å². The Morgan fingerprint density at radius 2 is 1.88 bits per heavy atom. The Kier molecular flexibility index (Phi) is 4.67. The molecule has 7 nitrogen and oxygen atoms in total. The smallest absolute Gasteiger partial charge is 0.274 e. The first-order valence-electron chi connectivity index (χ1n) is 7.53. The molecule has 3 rings (SSSR count). The number of nitrogens with one attached hydrogen (secondary N) is 2. The summed E-state index contributed by atoms with van der Waals surface area (Å²) in [5.74, 6) is 1.22. The zero-order valence-corrected chi connectivity index (χ0v) is 14.7. The van der Waals surface area contributed by atoms with Gasteiger partial charge in [0.15, 0.2) is 5.82 Å². The highest BCUT2D eigenvalue weighted by molar-refractivity contribution is 6.34. The molecule has 0 saturated carbocycles. The Labute approximate surface area is 149 Å². The van der Waals surface area contributed by atoms with Crippen molar-refractivity contribution in [3.63, 3.8) is 0 Å². The quantitative estimate of drug-likeness (QED) is 0.732. The van der Waals surface area contributed by atoms with Gasteiger partial charge >= 0.3 is 0 Å². The molecule has 0 aliphatic carbocycles. The van der Waals surface area contributed by atoms with Crippen molar-refractivity contribution < 1.29 is 9.32 Å². The molecular weight excluding hydrogens is 342 g/mol. The molecule has 25 heavy (non-hydrogen) atoms. The number of benzene rings is 1. The molecule has 128 valence electrons. The zero-order chi connectivity index (χ0) is 18.0. The number of aryl methyl sites for hydroxylation is 3. The lowest BCUT2D eigenvalue weighted by molar-refractivity contribution is 0.102. The summed E-state index contributed by atoms with van der Waals surface area (Å²) in [7, 11) is 0. The molecule has 2 heterocycles. The van der Waals surface area contributed by atoms with Crippen molar-refractivity contribution in [2.24, 2.45) is 0 Å². The van der Waals surface area contributed by atoms with Crippen molar-refractivity contribution in [1.29, 1.82) is 0 Å². The number of carbonyl (C=O) groups excluding carboxylic acids is 1. The minimum absolute atomic E-state index is 0.203. The summed E-state index contributed by atoms with van der Waals surface area (Å²) in [4.78, 5) is 20.6. The van der Waals surface area contributed by atoms with Gasteiger partial charge in [-0.3, -0.25) is 4.79 Å². The van der Waals surface area contributed by atoms with Gasteiger partial charge in [-0.05, 0) is 38.0 Å². The SMILES string of the molecule is Cc1cc(C)c(NC(=O)c2cc(Nc3cc(C)on3)ncn2)c(Cl)c1. The van der Waals surface area contributed by atoms with Crippen LogP contribution in [0.1, 0.15) is 27.4 Å². The molecule has 2 N–H and O–H groups in total. The van der Waals surface area contributed by atoms with Gasteiger partial charge in [-0.1, -0.05) is 22.8 Å². The molecule has 0 saturated heterocycles. The van der Waals surface area contributed by atoms with E-state index in [2.05, 4.69) is 25.8 Å². The second kappa shape index (κ2) is 6.90. The third-order valence-corrected chi connectivity index (χ3v) is 3.75. The summed E-state index contributed by atoms with van der Waals surface area (Å²) in [6.07, 6.45) is 1.30. The van der Waals surface area contributed by atoms with Gasteiger partial charge in [0.05, 0.1) is 10.7 Å². The van der Waals surface area contributed by atoms with Crippen molar-refractivity contribution in [2.75, 3.05) is 10.6 Å². The van der Waals surface area contributed by atoms with Crippen LogP contribution in [0.5, 0.6) is 0 Å². The van der Waals surface area contributed by atoms with Gasteiger partial charge in [-0.15, -0.1) is 0 Å². The summed E-state index contributed by atoms with van der Waals surface area (Å²) in [5.41, 5.74) is 2.67. The summed E-state index contributed by atoms with van der Waals surface area (Å²) in [6.45, 7) is 5.61. The van der Waals surface area contributed by atoms with Crippen molar-refractivity contribution in [3.05, 3.63) is 58.2 Å². The number of rotatable bonds is 4. The number of hydrogen-bond acceptors (Lipinski definition) is 6. The van der Waals surface area contributed by atoms with Gasteiger partial charge in [-0.25, -0.2) is 9.97 Å². The average molecular weight is 358 g/mol. The van der Waals surface area contributed by atoms with Gasteiger partial charge in [-0.2, -0.15) is 0 Å². The van der Waals surface area contributed by atoms with E-state index in [4.69, 9.17) is 16.1 Å². The Bertz CT molecular complexity index is 915. The number of amides is 1. The maximum absolute atomic E-state index is 12.5. The molecule has 1 amide bonds. The lowest BCUT2D eigenvalue weighted by atomic mass is 10.1. The van der Waals surface area contributed by atoms with Crippen LogP contribution >= 0.6 is 11.6 Å².